The van der Waals surface area contributed by atoms with Crippen LogP contribution in [-0.4, -0.2) is 36.8 Å². The number of hydrogen-bond donors (Lipinski definition) is 1. The van der Waals surface area contributed by atoms with Crippen LogP contribution in [0.4, 0.5) is 0 Å². The summed E-state index contributed by atoms with van der Waals surface area (Å²) in [7, 11) is -3.31. The molecule has 7 heteroatoms. The summed E-state index contributed by atoms with van der Waals surface area (Å²) in [6.07, 6.45) is 1.12. The number of carbonyl (C=O) groups is 1. The van der Waals surface area contributed by atoms with Gasteiger partial charge < -0.3 is 5.32 Å². The standard InChI is InChI=1S/C12H15Br2NO3S/c1-12(7-13,8-14)15-11(16)9-4-3-5-10(6-9)19(2,17)18/h3-6H,7-8H2,1-2H3,(H,15,16). The molecule has 1 amide bonds. The molecule has 0 atom stereocenters. The van der Waals surface area contributed by atoms with E-state index in [1.807, 2.05) is 6.92 Å². The van der Waals surface area contributed by atoms with E-state index >= 15 is 0 Å². The highest BCUT2D eigenvalue weighted by atomic mass is 79.9. The average molecular weight is 413 g/mol. The molecule has 1 rings (SSSR count). The van der Waals surface area contributed by atoms with E-state index in [2.05, 4.69) is 37.2 Å². The van der Waals surface area contributed by atoms with Gasteiger partial charge in [-0.05, 0) is 25.1 Å². The van der Waals surface area contributed by atoms with Gasteiger partial charge in [0.1, 0.15) is 0 Å². The molecule has 0 saturated heterocycles. The van der Waals surface area contributed by atoms with Crippen molar-refractivity contribution < 1.29 is 13.2 Å². The molecule has 0 aromatic heterocycles. The van der Waals surface area contributed by atoms with E-state index in [9.17, 15) is 13.2 Å². The van der Waals surface area contributed by atoms with Crippen molar-refractivity contribution in [1.82, 2.24) is 5.32 Å². The van der Waals surface area contributed by atoms with Crippen molar-refractivity contribution in [1.29, 1.82) is 0 Å². The zero-order valence-electron chi connectivity index (χ0n) is 10.6. The van der Waals surface area contributed by atoms with Gasteiger partial charge in [-0.3, -0.25) is 4.79 Å². The van der Waals surface area contributed by atoms with Crippen LogP contribution in [0.25, 0.3) is 0 Å². The molecule has 4 nitrogen and oxygen atoms in total. The number of benzene rings is 1. The van der Waals surface area contributed by atoms with Crippen molar-refractivity contribution in [2.24, 2.45) is 0 Å². The Balaban J connectivity index is 3.02. The average Bonchev–Trinajstić information content (AvgIpc) is 2.37. The monoisotopic (exact) mass is 411 g/mol. The molecule has 0 aliphatic carbocycles. The Morgan fingerprint density at radius 2 is 1.89 bits per heavy atom. The topological polar surface area (TPSA) is 63.2 Å². The second-order valence-corrected chi connectivity index (χ2v) is 7.72. The zero-order valence-corrected chi connectivity index (χ0v) is 14.6. The van der Waals surface area contributed by atoms with Crippen LogP contribution >= 0.6 is 31.9 Å². The molecule has 106 valence electrons. The molecule has 0 bridgehead atoms. The normalized spacial score (nSPS) is 12.2. The largest absolute Gasteiger partial charge is 0.345 e. The van der Waals surface area contributed by atoms with Gasteiger partial charge in [0, 0.05) is 22.5 Å². The summed E-state index contributed by atoms with van der Waals surface area (Å²) >= 11 is 6.68. The summed E-state index contributed by atoms with van der Waals surface area (Å²) < 4.78 is 22.9. The fourth-order valence-corrected chi connectivity index (χ4v) is 3.19. The van der Waals surface area contributed by atoms with Gasteiger partial charge in [0.25, 0.3) is 5.91 Å². The van der Waals surface area contributed by atoms with Gasteiger partial charge in [-0.1, -0.05) is 37.9 Å². The number of halogens is 2. The summed E-state index contributed by atoms with van der Waals surface area (Å²) in [5.74, 6) is -0.299. The Morgan fingerprint density at radius 3 is 2.37 bits per heavy atom. The number of nitrogens with one attached hydrogen (secondary N) is 1. The first-order chi connectivity index (χ1) is 8.72. The van der Waals surface area contributed by atoms with E-state index in [0.717, 1.165) is 6.26 Å². The first-order valence-corrected chi connectivity index (χ1v) is 9.60. The maximum atomic E-state index is 12.1. The lowest BCUT2D eigenvalue weighted by atomic mass is 10.1. The Bertz CT molecular complexity index is 568. The summed E-state index contributed by atoms with van der Waals surface area (Å²) in [5.41, 5.74) is -0.103. The lowest BCUT2D eigenvalue weighted by Crippen LogP contribution is -2.48. The van der Waals surface area contributed by atoms with Crippen molar-refractivity contribution in [2.45, 2.75) is 17.4 Å². The van der Waals surface area contributed by atoms with Crippen molar-refractivity contribution in [3.05, 3.63) is 29.8 Å². The molecule has 0 radical (unpaired) electrons. The highest BCUT2D eigenvalue weighted by Gasteiger charge is 2.24. The molecular formula is C12H15Br2NO3S. The zero-order chi connectivity index (χ0) is 14.7. The van der Waals surface area contributed by atoms with E-state index in [-0.39, 0.29) is 10.8 Å². The SMILES string of the molecule is CC(CBr)(CBr)NC(=O)c1cccc(S(C)(=O)=O)c1. The molecule has 0 heterocycles. The number of sulfone groups is 1. The van der Waals surface area contributed by atoms with E-state index < -0.39 is 15.4 Å². The molecular weight excluding hydrogens is 398 g/mol. The predicted octanol–water partition coefficient (Wildman–Crippen LogP) is 2.37. The number of rotatable bonds is 5. The quantitative estimate of drug-likeness (QED) is 0.755. The van der Waals surface area contributed by atoms with E-state index in [1.165, 1.54) is 12.1 Å². The van der Waals surface area contributed by atoms with Crippen molar-refractivity contribution in [3.63, 3.8) is 0 Å². The van der Waals surface area contributed by atoms with E-state index in [1.54, 1.807) is 12.1 Å². The summed E-state index contributed by atoms with van der Waals surface area (Å²) in [5, 5.41) is 4.03. The molecule has 19 heavy (non-hydrogen) atoms. The Morgan fingerprint density at radius 1 is 1.32 bits per heavy atom. The number of hydrogen-bond acceptors (Lipinski definition) is 3. The molecule has 0 aliphatic rings. The Hall–Kier alpha value is -0.400. The molecule has 0 unspecified atom stereocenters. The fraction of sp³-hybridized carbons (Fsp3) is 0.417. The number of amides is 1. The number of carbonyl (C=O) groups excluding carboxylic acids is 1. The van der Waals surface area contributed by atoms with Crippen molar-refractivity contribution in [2.75, 3.05) is 16.9 Å². The van der Waals surface area contributed by atoms with Gasteiger partial charge in [0.05, 0.1) is 10.4 Å². The first-order valence-electron chi connectivity index (χ1n) is 5.46. The molecule has 1 N–H and O–H groups in total. The Kier molecular flexibility index (Phi) is 5.58. The van der Waals surface area contributed by atoms with E-state index in [4.69, 9.17) is 0 Å². The smallest absolute Gasteiger partial charge is 0.251 e. The van der Waals surface area contributed by atoms with Gasteiger partial charge in [-0.2, -0.15) is 0 Å². The van der Waals surface area contributed by atoms with Gasteiger partial charge in [-0.15, -0.1) is 0 Å². The minimum Gasteiger partial charge on any atom is -0.345 e. The van der Waals surface area contributed by atoms with Crippen LogP contribution in [0.15, 0.2) is 29.2 Å². The van der Waals surface area contributed by atoms with Crippen LogP contribution < -0.4 is 5.32 Å². The van der Waals surface area contributed by atoms with E-state index in [0.29, 0.717) is 16.2 Å². The maximum Gasteiger partial charge on any atom is 0.251 e. The van der Waals surface area contributed by atoms with Crippen LogP contribution in [0.5, 0.6) is 0 Å². The molecule has 0 spiro atoms. The van der Waals surface area contributed by atoms with Gasteiger partial charge >= 0.3 is 0 Å². The predicted molar refractivity (Wildman–Crippen MR) is 83.0 cm³/mol. The van der Waals surface area contributed by atoms with Crippen LogP contribution in [0.3, 0.4) is 0 Å². The lowest BCUT2D eigenvalue weighted by molar-refractivity contribution is 0.0922. The summed E-state index contributed by atoms with van der Waals surface area (Å²) in [6, 6.07) is 6.01. The maximum absolute atomic E-state index is 12.1. The molecule has 1 aromatic rings. The van der Waals surface area contributed by atoms with Crippen molar-refractivity contribution >= 4 is 47.6 Å². The first kappa shape index (κ1) is 16.7. The van der Waals surface area contributed by atoms with Crippen LogP contribution in [0.2, 0.25) is 0 Å². The highest BCUT2D eigenvalue weighted by molar-refractivity contribution is 9.09. The fourth-order valence-electron chi connectivity index (χ4n) is 1.32. The summed E-state index contributed by atoms with van der Waals surface area (Å²) in [4.78, 5) is 12.2. The Labute approximate surface area is 130 Å². The molecule has 1 aromatic carbocycles. The third-order valence-corrected chi connectivity index (χ3v) is 6.11. The molecule has 0 saturated carbocycles. The summed E-state index contributed by atoms with van der Waals surface area (Å²) in [6.45, 7) is 1.88. The second kappa shape index (κ2) is 6.37. The minimum absolute atomic E-state index is 0.138. The van der Waals surface area contributed by atoms with Crippen LogP contribution in [0.1, 0.15) is 17.3 Å². The third kappa shape index (κ3) is 4.57. The van der Waals surface area contributed by atoms with Gasteiger partial charge in [0.15, 0.2) is 9.84 Å². The van der Waals surface area contributed by atoms with Crippen LogP contribution in [0, 0.1) is 0 Å². The highest BCUT2D eigenvalue weighted by Crippen LogP contribution is 2.15. The van der Waals surface area contributed by atoms with Gasteiger partial charge in [-0.25, -0.2) is 8.42 Å². The molecule has 0 aliphatic heterocycles. The second-order valence-electron chi connectivity index (χ2n) is 4.58. The minimum atomic E-state index is -3.31. The van der Waals surface area contributed by atoms with Crippen molar-refractivity contribution in [3.8, 4) is 0 Å². The number of alkyl halides is 2. The lowest BCUT2D eigenvalue weighted by Gasteiger charge is -2.26. The third-order valence-electron chi connectivity index (χ3n) is 2.53. The van der Waals surface area contributed by atoms with Gasteiger partial charge in [0.2, 0.25) is 0 Å². The van der Waals surface area contributed by atoms with Crippen LogP contribution in [-0.2, 0) is 9.84 Å². The molecule has 0 fully saturated rings.